The van der Waals surface area contributed by atoms with Crippen LogP contribution in [0.15, 0.2) is 0 Å². The van der Waals surface area contributed by atoms with Gasteiger partial charge in [-0.05, 0) is 6.42 Å². The van der Waals surface area contributed by atoms with Gasteiger partial charge in [-0.2, -0.15) is 0 Å². The van der Waals surface area contributed by atoms with E-state index in [-0.39, 0.29) is 0 Å². The molecule has 1 aliphatic heterocycles. The van der Waals surface area contributed by atoms with Crippen molar-refractivity contribution >= 4 is 0 Å². The van der Waals surface area contributed by atoms with Gasteiger partial charge in [0.2, 0.25) is 0 Å². The summed E-state index contributed by atoms with van der Waals surface area (Å²) in [5, 5.41) is 37.9. The number of rotatable bonds is 8. The molecule has 1 aliphatic rings. The van der Waals surface area contributed by atoms with Crippen molar-refractivity contribution in [1.29, 1.82) is 0 Å². The van der Waals surface area contributed by atoms with E-state index in [0.29, 0.717) is 6.61 Å². The van der Waals surface area contributed by atoms with Crippen molar-refractivity contribution < 1.29 is 29.9 Å². The molecule has 114 valence electrons. The van der Waals surface area contributed by atoms with E-state index in [2.05, 4.69) is 6.92 Å². The molecule has 5 atom stereocenters. The van der Waals surface area contributed by atoms with Crippen LogP contribution in [-0.2, 0) is 9.47 Å². The second-order valence-corrected chi connectivity index (χ2v) is 4.98. The largest absolute Gasteiger partial charge is 0.394 e. The van der Waals surface area contributed by atoms with Gasteiger partial charge in [-0.15, -0.1) is 0 Å². The summed E-state index contributed by atoms with van der Waals surface area (Å²) in [5.74, 6) is 0. The Hall–Kier alpha value is -0.240. The highest BCUT2D eigenvalue weighted by atomic mass is 16.7. The summed E-state index contributed by atoms with van der Waals surface area (Å²) in [5.41, 5.74) is 0. The van der Waals surface area contributed by atoms with E-state index in [1.807, 2.05) is 0 Å². The number of aliphatic hydroxyl groups is 4. The first-order valence-corrected chi connectivity index (χ1v) is 7.04. The summed E-state index contributed by atoms with van der Waals surface area (Å²) < 4.78 is 10.6. The summed E-state index contributed by atoms with van der Waals surface area (Å²) >= 11 is 0. The molecule has 19 heavy (non-hydrogen) atoms. The fourth-order valence-corrected chi connectivity index (χ4v) is 2.11. The van der Waals surface area contributed by atoms with E-state index in [9.17, 15) is 15.3 Å². The first-order valence-electron chi connectivity index (χ1n) is 7.04. The molecular weight excluding hydrogens is 252 g/mol. The topological polar surface area (TPSA) is 99.4 Å². The van der Waals surface area contributed by atoms with Crippen molar-refractivity contribution in [2.45, 2.75) is 69.7 Å². The molecule has 6 nitrogen and oxygen atoms in total. The third kappa shape index (κ3) is 4.98. The molecule has 0 radical (unpaired) electrons. The highest BCUT2D eigenvalue weighted by molar-refractivity contribution is 4.88. The van der Waals surface area contributed by atoms with Gasteiger partial charge in [-0.3, -0.25) is 0 Å². The van der Waals surface area contributed by atoms with Crippen molar-refractivity contribution in [1.82, 2.24) is 0 Å². The minimum Gasteiger partial charge on any atom is -0.394 e. The van der Waals surface area contributed by atoms with Gasteiger partial charge in [0.15, 0.2) is 6.29 Å². The smallest absolute Gasteiger partial charge is 0.186 e. The van der Waals surface area contributed by atoms with Crippen LogP contribution in [0.2, 0.25) is 0 Å². The molecule has 0 unspecified atom stereocenters. The number of hydrogen-bond acceptors (Lipinski definition) is 6. The van der Waals surface area contributed by atoms with Crippen LogP contribution in [0.5, 0.6) is 0 Å². The van der Waals surface area contributed by atoms with Gasteiger partial charge in [0.05, 0.1) is 6.61 Å². The Labute approximate surface area is 114 Å². The van der Waals surface area contributed by atoms with E-state index in [4.69, 9.17) is 14.6 Å². The normalized spacial score (nSPS) is 35.5. The van der Waals surface area contributed by atoms with Crippen LogP contribution < -0.4 is 0 Å². The highest BCUT2D eigenvalue weighted by Crippen LogP contribution is 2.22. The second-order valence-electron chi connectivity index (χ2n) is 4.98. The maximum atomic E-state index is 9.72. The fraction of sp³-hybridized carbons (Fsp3) is 1.00. The zero-order chi connectivity index (χ0) is 14.3. The van der Waals surface area contributed by atoms with Crippen molar-refractivity contribution in [3.8, 4) is 0 Å². The SMILES string of the molecule is CCCCCCCO[C@@H]1O[C@@H](CO)[C@H](O)[C@@H](O)[C@@H]1O. The van der Waals surface area contributed by atoms with E-state index < -0.39 is 37.3 Å². The van der Waals surface area contributed by atoms with Crippen LogP contribution in [0, 0.1) is 0 Å². The van der Waals surface area contributed by atoms with Crippen LogP contribution in [-0.4, -0.2) is 64.3 Å². The first-order chi connectivity index (χ1) is 9.11. The highest BCUT2D eigenvalue weighted by Gasteiger charge is 2.43. The summed E-state index contributed by atoms with van der Waals surface area (Å²) in [4.78, 5) is 0. The Morgan fingerprint density at radius 1 is 0.947 bits per heavy atom. The molecule has 1 fully saturated rings. The molecule has 1 saturated heterocycles. The lowest BCUT2D eigenvalue weighted by Gasteiger charge is -2.39. The molecule has 6 heteroatoms. The van der Waals surface area contributed by atoms with E-state index >= 15 is 0 Å². The van der Waals surface area contributed by atoms with Crippen molar-refractivity contribution in [3.63, 3.8) is 0 Å². The van der Waals surface area contributed by atoms with Crippen molar-refractivity contribution in [2.24, 2.45) is 0 Å². The van der Waals surface area contributed by atoms with E-state index in [1.165, 1.54) is 12.8 Å². The molecule has 0 bridgehead atoms. The first kappa shape index (κ1) is 16.8. The minimum atomic E-state index is -1.36. The van der Waals surface area contributed by atoms with Crippen LogP contribution in [0.1, 0.15) is 39.0 Å². The molecule has 0 amide bonds. The number of unbranched alkanes of at least 4 members (excludes halogenated alkanes) is 4. The van der Waals surface area contributed by atoms with Crippen LogP contribution in [0.4, 0.5) is 0 Å². The molecule has 1 heterocycles. The second kappa shape index (κ2) is 8.84. The van der Waals surface area contributed by atoms with Crippen molar-refractivity contribution in [2.75, 3.05) is 13.2 Å². The molecule has 4 N–H and O–H groups in total. The average Bonchev–Trinajstić information content (AvgIpc) is 2.42. The number of ether oxygens (including phenoxy) is 2. The fourth-order valence-electron chi connectivity index (χ4n) is 2.11. The Morgan fingerprint density at radius 2 is 1.63 bits per heavy atom. The van der Waals surface area contributed by atoms with Gasteiger partial charge >= 0.3 is 0 Å². The predicted octanol–water partition coefficient (Wildman–Crippen LogP) is -0.227. The van der Waals surface area contributed by atoms with Crippen LogP contribution in [0.25, 0.3) is 0 Å². The standard InChI is InChI=1S/C13H26O6/c1-2-3-4-5-6-7-18-13-12(17)11(16)10(15)9(8-14)19-13/h9-17H,2-8H2,1H3/t9-,10-,11+,12-,13+/m0/s1. The average molecular weight is 278 g/mol. The molecule has 0 aliphatic carbocycles. The van der Waals surface area contributed by atoms with E-state index in [0.717, 1.165) is 19.3 Å². The maximum absolute atomic E-state index is 9.72. The Balaban J connectivity index is 2.28. The summed E-state index contributed by atoms with van der Waals surface area (Å²) in [6, 6.07) is 0. The monoisotopic (exact) mass is 278 g/mol. The summed E-state index contributed by atoms with van der Waals surface area (Å²) in [6.07, 6.45) is -0.471. The molecule has 1 rings (SSSR count). The van der Waals surface area contributed by atoms with Gasteiger partial charge in [0.25, 0.3) is 0 Å². The number of aliphatic hydroxyl groups excluding tert-OH is 4. The number of hydrogen-bond donors (Lipinski definition) is 4. The lowest BCUT2D eigenvalue weighted by atomic mass is 9.99. The maximum Gasteiger partial charge on any atom is 0.186 e. The quantitative estimate of drug-likeness (QED) is 0.458. The minimum absolute atomic E-state index is 0.423. The third-order valence-corrected chi connectivity index (χ3v) is 3.38. The summed E-state index contributed by atoms with van der Waals surface area (Å²) in [6.45, 7) is 2.14. The van der Waals surface area contributed by atoms with Crippen molar-refractivity contribution in [3.05, 3.63) is 0 Å². The zero-order valence-electron chi connectivity index (χ0n) is 11.4. The van der Waals surface area contributed by atoms with Crippen LogP contribution in [0.3, 0.4) is 0 Å². The lowest BCUT2D eigenvalue weighted by molar-refractivity contribution is -0.301. The molecule has 0 aromatic carbocycles. The zero-order valence-corrected chi connectivity index (χ0v) is 11.4. The summed E-state index contributed by atoms with van der Waals surface area (Å²) in [7, 11) is 0. The van der Waals surface area contributed by atoms with Crippen LogP contribution >= 0.6 is 0 Å². The molecule has 0 aromatic heterocycles. The third-order valence-electron chi connectivity index (χ3n) is 3.38. The molecule has 0 saturated carbocycles. The Morgan fingerprint density at radius 3 is 2.26 bits per heavy atom. The van der Waals surface area contributed by atoms with Gasteiger partial charge in [-0.25, -0.2) is 0 Å². The van der Waals surface area contributed by atoms with Gasteiger partial charge in [0, 0.05) is 6.61 Å². The van der Waals surface area contributed by atoms with Gasteiger partial charge in [0.1, 0.15) is 24.4 Å². The Kier molecular flexibility index (Phi) is 7.82. The molecular formula is C13H26O6. The molecule has 0 spiro atoms. The Bertz CT molecular complexity index is 235. The van der Waals surface area contributed by atoms with Gasteiger partial charge in [-0.1, -0.05) is 32.6 Å². The predicted molar refractivity (Wildman–Crippen MR) is 68.5 cm³/mol. The van der Waals surface area contributed by atoms with Gasteiger partial charge < -0.3 is 29.9 Å². The molecule has 0 aromatic rings. The lowest BCUT2D eigenvalue weighted by Crippen LogP contribution is -2.59. The van der Waals surface area contributed by atoms with E-state index in [1.54, 1.807) is 0 Å².